The van der Waals surface area contributed by atoms with Gasteiger partial charge in [0.15, 0.2) is 14.1 Å². The summed E-state index contributed by atoms with van der Waals surface area (Å²) >= 11 is 1.57. The largest absolute Gasteiger partial charge is 0.409 e. The van der Waals surface area contributed by atoms with Crippen LogP contribution in [-0.4, -0.2) is 35.9 Å². The smallest absolute Gasteiger partial charge is 0.192 e. The molecule has 1 rings (SSSR count). The van der Waals surface area contributed by atoms with Gasteiger partial charge in [0.05, 0.1) is 16.7 Å². The molecular formula is C26H45NO3SSi. The van der Waals surface area contributed by atoms with Crippen LogP contribution in [0.3, 0.4) is 0 Å². The van der Waals surface area contributed by atoms with Crippen molar-refractivity contribution < 1.29 is 14.3 Å². The summed E-state index contributed by atoms with van der Waals surface area (Å²) in [6, 6.07) is 3.07. The molecule has 0 aromatic carbocycles. The Bertz CT molecular complexity index is 761. The first-order valence-corrected chi connectivity index (χ1v) is 15.5. The lowest BCUT2D eigenvalue weighted by atomic mass is 9.87. The van der Waals surface area contributed by atoms with E-state index in [0.29, 0.717) is 11.5 Å². The SMILES string of the molecule is C/C=C/[C@@H](C)CCC[C@@](C)(O[Si](CC)(CC)CC)[C@H](O)CC(=O)/C(C)=C/c1cnc(C)s1. The van der Waals surface area contributed by atoms with Gasteiger partial charge in [0.25, 0.3) is 0 Å². The minimum atomic E-state index is -1.95. The summed E-state index contributed by atoms with van der Waals surface area (Å²) < 4.78 is 6.87. The van der Waals surface area contributed by atoms with E-state index >= 15 is 0 Å². The molecule has 1 aromatic heterocycles. The molecule has 1 heterocycles. The Morgan fingerprint density at radius 3 is 2.44 bits per heavy atom. The summed E-state index contributed by atoms with van der Waals surface area (Å²) in [5.74, 6) is 0.471. The maximum absolute atomic E-state index is 13.0. The molecule has 0 unspecified atom stereocenters. The molecule has 1 aromatic rings. The zero-order valence-corrected chi connectivity index (χ0v) is 23.3. The van der Waals surface area contributed by atoms with Crippen LogP contribution in [0.25, 0.3) is 6.08 Å². The molecule has 0 saturated heterocycles. The highest BCUT2D eigenvalue weighted by atomic mass is 32.1. The maximum atomic E-state index is 13.0. The van der Waals surface area contributed by atoms with Crippen molar-refractivity contribution in [3.05, 3.63) is 33.8 Å². The van der Waals surface area contributed by atoms with Crippen LogP contribution in [0.5, 0.6) is 0 Å². The molecule has 1 N–H and O–H groups in total. The summed E-state index contributed by atoms with van der Waals surface area (Å²) in [5, 5.41) is 12.3. The topological polar surface area (TPSA) is 59.4 Å². The lowest BCUT2D eigenvalue weighted by Crippen LogP contribution is -2.52. The predicted molar refractivity (Wildman–Crippen MR) is 141 cm³/mol. The van der Waals surface area contributed by atoms with Crippen molar-refractivity contribution >= 4 is 31.5 Å². The Kier molecular flexibility index (Phi) is 12.3. The summed E-state index contributed by atoms with van der Waals surface area (Å²) in [6.45, 7) is 16.7. The Balaban J connectivity index is 3.02. The van der Waals surface area contributed by atoms with E-state index < -0.39 is 20.0 Å². The van der Waals surface area contributed by atoms with E-state index in [1.807, 2.05) is 33.8 Å². The number of aliphatic hydroxyl groups excluding tert-OH is 1. The normalized spacial score (nSPS) is 16.8. The molecule has 0 aliphatic heterocycles. The van der Waals surface area contributed by atoms with E-state index in [2.05, 4.69) is 44.8 Å². The summed E-state index contributed by atoms with van der Waals surface area (Å²) in [6.07, 6.45) is 10.0. The highest BCUT2D eigenvalue weighted by Crippen LogP contribution is 2.35. The zero-order chi connectivity index (χ0) is 24.4. The molecule has 182 valence electrons. The number of nitrogens with zero attached hydrogens (tertiary/aromatic N) is 1. The van der Waals surface area contributed by atoms with Crippen molar-refractivity contribution in [3.63, 3.8) is 0 Å². The third-order valence-electron chi connectivity index (χ3n) is 6.76. The number of hydrogen-bond donors (Lipinski definition) is 1. The van der Waals surface area contributed by atoms with Crippen LogP contribution in [0.2, 0.25) is 18.1 Å². The second-order valence-electron chi connectivity index (χ2n) is 9.31. The molecular weight excluding hydrogens is 434 g/mol. The molecule has 0 aliphatic rings. The standard InChI is InChI=1S/C26H45NO3SSi/c1-9-14-20(5)15-13-16-26(8,30-32(10-2,11-3)12-4)25(29)18-24(28)21(6)17-23-19-27-22(7)31-23/h9,14,17,19-20,25,29H,10-13,15-16,18H2,1-8H3/b14-9+,21-17+/t20-,25-,26-/m1/s1. The van der Waals surface area contributed by atoms with Gasteiger partial charge in [-0.05, 0) is 82.7 Å². The number of aryl methyl sites for hydroxylation is 1. The maximum Gasteiger partial charge on any atom is 0.192 e. The van der Waals surface area contributed by atoms with Crippen molar-refractivity contribution in [2.24, 2.45) is 5.92 Å². The first kappa shape index (κ1) is 28.9. The van der Waals surface area contributed by atoms with Gasteiger partial charge in [0, 0.05) is 17.5 Å². The van der Waals surface area contributed by atoms with Gasteiger partial charge in [-0.25, -0.2) is 4.98 Å². The number of allylic oxidation sites excluding steroid dienone is 3. The van der Waals surface area contributed by atoms with E-state index in [9.17, 15) is 9.90 Å². The number of aromatic nitrogens is 1. The number of aliphatic hydroxyl groups is 1. The van der Waals surface area contributed by atoms with Crippen molar-refractivity contribution in [1.29, 1.82) is 0 Å². The number of thiazole rings is 1. The highest BCUT2D eigenvalue weighted by Gasteiger charge is 2.42. The molecule has 3 atom stereocenters. The van der Waals surface area contributed by atoms with Gasteiger partial charge in [0.1, 0.15) is 0 Å². The van der Waals surface area contributed by atoms with Crippen LogP contribution in [0.4, 0.5) is 0 Å². The number of Topliss-reactive ketones (excluding diaryl/α,β-unsaturated/α-hetero) is 1. The predicted octanol–water partition coefficient (Wildman–Crippen LogP) is 7.34. The average Bonchev–Trinajstić information content (AvgIpc) is 3.16. The minimum Gasteiger partial charge on any atom is -0.409 e. The molecule has 0 bridgehead atoms. The van der Waals surface area contributed by atoms with Crippen LogP contribution < -0.4 is 0 Å². The van der Waals surface area contributed by atoms with Crippen LogP contribution in [-0.2, 0) is 9.22 Å². The molecule has 0 saturated carbocycles. The number of carbonyl (C=O) groups excluding carboxylic acids is 1. The summed E-state index contributed by atoms with van der Waals surface area (Å²) in [7, 11) is -1.95. The van der Waals surface area contributed by atoms with E-state index in [0.717, 1.165) is 47.3 Å². The van der Waals surface area contributed by atoms with Crippen LogP contribution in [0, 0.1) is 12.8 Å². The lowest BCUT2D eigenvalue weighted by Gasteiger charge is -2.43. The first-order chi connectivity index (χ1) is 15.0. The number of carbonyl (C=O) groups is 1. The zero-order valence-electron chi connectivity index (χ0n) is 21.5. The van der Waals surface area contributed by atoms with Crippen LogP contribution in [0.1, 0.15) is 84.0 Å². The highest BCUT2D eigenvalue weighted by molar-refractivity contribution is 7.12. The van der Waals surface area contributed by atoms with Crippen molar-refractivity contribution in [2.75, 3.05) is 0 Å². The average molecular weight is 480 g/mol. The quantitative estimate of drug-likeness (QED) is 0.162. The molecule has 4 nitrogen and oxygen atoms in total. The van der Waals surface area contributed by atoms with Crippen molar-refractivity contribution in [3.8, 4) is 0 Å². The van der Waals surface area contributed by atoms with Crippen LogP contribution >= 0.6 is 11.3 Å². The van der Waals surface area contributed by atoms with Crippen molar-refractivity contribution in [2.45, 2.75) is 111 Å². The first-order valence-electron chi connectivity index (χ1n) is 12.2. The fraction of sp³-hybridized carbons (Fsp3) is 0.692. The summed E-state index contributed by atoms with van der Waals surface area (Å²) in [5.41, 5.74) is -0.0530. The Hall–Kier alpha value is -1.08. The fourth-order valence-electron chi connectivity index (χ4n) is 4.24. The van der Waals surface area contributed by atoms with Gasteiger partial charge in [-0.3, -0.25) is 4.79 Å². The van der Waals surface area contributed by atoms with Crippen LogP contribution in [0.15, 0.2) is 23.9 Å². The van der Waals surface area contributed by atoms with Crippen molar-refractivity contribution in [1.82, 2.24) is 4.98 Å². The third-order valence-corrected chi connectivity index (χ3v) is 12.4. The molecule has 6 heteroatoms. The second-order valence-corrected chi connectivity index (χ2v) is 15.3. The van der Waals surface area contributed by atoms with E-state index in [4.69, 9.17) is 4.43 Å². The second kappa shape index (κ2) is 13.6. The van der Waals surface area contributed by atoms with E-state index in [1.165, 1.54) is 0 Å². The molecule has 0 spiro atoms. The Labute approximate surface area is 201 Å². The molecule has 0 aliphatic carbocycles. The van der Waals surface area contributed by atoms with Gasteiger partial charge in [-0.1, -0.05) is 39.8 Å². The fourth-order valence-corrected chi connectivity index (χ4v) is 8.19. The van der Waals surface area contributed by atoms with Gasteiger partial charge in [0.2, 0.25) is 0 Å². The molecule has 32 heavy (non-hydrogen) atoms. The Morgan fingerprint density at radius 1 is 1.31 bits per heavy atom. The van der Waals surface area contributed by atoms with Gasteiger partial charge in [-0.15, -0.1) is 11.3 Å². The molecule has 0 amide bonds. The number of hydrogen-bond acceptors (Lipinski definition) is 5. The Morgan fingerprint density at radius 2 is 1.94 bits per heavy atom. The molecule has 0 radical (unpaired) electrons. The summed E-state index contributed by atoms with van der Waals surface area (Å²) in [4.78, 5) is 18.2. The number of rotatable bonds is 15. The number of ketones is 1. The van der Waals surface area contributed by atoms with Gasteiger partial charge in [-0.2, -0.15) is 0 Å². The van der Waals surface area contributed by atoms with Gasteiger partial charge < -0.3 is 9.53 Å². The minimum absolute atomic E-state index is 0.0302. The lowest BCUT2D eigenvalue weighted by molar-refractivity contribution is -0.122. The monoisotopic (exact) mass is 479 g/mol. The van der Waals surface area contributed by atoms with Gasteiger partial charge >= 0.3 is 0 Å². The van der Waals surface area contributed by atoms with E-state index in [-0.39, 0.29) is 12.2 Å². The third kappa shape index (κ3) is 8.69. The van der Waals surface area contributed by atoms with E-state index in [1.54, 1.807) is 17.5 Å². The molecule has 0 fully saturated rings.